The summed E-state index contributed by atoms with van der Waals surface area (Å²) in [7, 11) is 1.82. The van der Waals surface area contributed by atoms with Gasteiger partial charge in [-0.25, -0.2) is 4.68 Å². The number of hydrogen-bond donors (Lipinski definition) is 2. The Hall–Kier alpha value is -2.17. The molecule has 2 rings (SSSR count). The van der Waals surface area contributed by atoms with Crippen LogP contribution in [0, 0.1) is 6.92 Å². The molecule has 0 fully saturated rings. The van der Waals surface area contributed by atoms with E-state index < -0.39 is 0 Å². The Kier molecular flexibility index (Phi) is 2.90. The summed E-state index contributed by atoms with van der Waals surface area (Å²) in [5.41, 5.74) is 15.0. The third-order valence-electron chi connectivity index (χ3n) is 3.37. The van der Waals surface area contributed by atoms with Crippen molar-refractivity contribution in [2.75, 3.05) is 11.5 Å². The number of nitrogens with two attached hydrogens (primary N) is 2. The van der Waals surface area contributed by atoms with E-state index in [0.717, 1.165) is 23.4 Å². The van der Waals surface area contributed by atoms with Crippen LogP contribution in [0.5, 0.6) is 0 Å². The van der Waals surface area contributed by atoms with Crippen LogP contribution >= 0.6 is 0 Å². The van der Waals surface area contributed by atoms with Crippen LogP contribution < -0.4 is 17.0 Å². The predicted molar refractivity (Wildman–Crippen MR) is 73.9 cm³/mol. The monoisotopic (exact) mass is 246 g/mol. The lowest BCUT2D eigenvalue weighted by Gasteiger charge is -2.14. The standard InChI is InChI=1S/C13H18N4O/c1-4-9-10(14)6-5-7-11(9)17-13(18)12(15)8(2)16(17)3/h5-7H,4,14-15H2,1-3H3. The Balaban J connectivity index is 2.82. The van der Waals surface area contributed by atoms with Gasteiger partial charge in [-0.15, -0.1) is 0 Å². The summed E-state index contributed by atoms with van der Waals surface area (Å²) in [6, 6.07) is 5.57. The number of hydrogen-bond acceptors (Lipinski definition) is 3. The van der Waals surface area contributed by atoms with E-state index in [4.69, 9.17) is 11.5 Å². The molecule has 2 aromatic rings. The second-order valence-corrected chi connectivity index (χ2v) is 4.34. The van der Waals surface area contributed by atoms with E-state index in [9.17, 15) is 4.79 Å². The summed E-state index contributed by atoms with van der Waals surface area (Å²) >= 11 is 0. The van der Waals surface area contributed by atoms with Crippen molar-refractivity contribution in [3.63, 3.8) is 0 Å². The molecule has 5 heteroatoms. The van der Waals surface area contributed by atoms with Crippen molar-refractivity contribution < 1.29 is 0 Å². The molecule has 0 spiro atoms. The van der Waals surface area contributed by atoms with Gasteiger partial charge in [-0.2, -0.15) is 0 Å². The highest BCUT2D eigenvalue weighted by molar-refractivity contribution is 5.58. The number of nitrogen functional groups attached to an aromatic ring is 2. The molecule has 0 amide bonds. The van der Waals surface area contributed by atoms with Crippen molar-refractivity contribution in [2.24, 2.45) is 7.05 Å². The van der Waals surface area contributed by atoms with Gasteiger partial charge >= 0.3 is 0 Å². The van der Waals surface area contributed by atoms with Crippen molar-refractivity contribution in [3.8, 4) is 5.69 Å². The minimum atomic E-state index is -0.199. The zero-order valence-corrected chi connectivity index (χ0v) is 10.9. The molecule has 0 aliphatic heterocycles. The second-order valence-electron chi connectivity index (χ2n) is 4.34. The van der Waals surface area contributed by atoms with Crippen LogP contribution in [0.25, 0.3) is 5.69 Å². The highest BCUT2D eigenvalue weighted by Crippen LogP contribution is 2.21. The lowest BCUT2D eigenvalue weighted by atomic mass is 10.1. The van der Waals surface area contributed by atoms with Gasteiger partial charge in [-0.1, -0.05) is 13.0 Å². The number of anilines is 2. The first-order valence-corrected chi connectivity index (χ1v) is 5.90. The molecule has 5 nitrogen and oxygen atoms in total. The zero-order valence-electron chi connectivity index (χ0n) is 10.9. The van der Waals surface area contributed by atoms with Gasteiger partial charge in [0.05, 0.1) is 11.4 Å². The first kappa shape index (κ1) is 12.3. The first-order chi connectivity index (χ1) is 8.49. The third kappa shape index (κ3) is 1.59. The molecule has 0 saturated heterocycles. The molecule has 0 bridgehead atoms. The fourth-order valence-corrected chi connectivity index (χ4v) is 2.18. The summed E-state index contributed by atoms with van der Waals surface area (Å²) in [6.45, 7) is 3.84. The summed E-state index contributed by atoms with van der Waals surface area (Å²) < 4.78 is 3.32. The zero-order chi connectivity index (χ0) is 13.4. The van der Waals surface area contributed by atoms with E-state index in [1.807, 2.05) is 39.1 Å². The molecule has 1 aromatic heterocycles. The van der Waals surface area contributed by atoms with Gasteiger partial charge in [-0.3, -0.25) is 9.48 Å². The van der Waals surface area contributed by atoms with Crippen molar-refractivity contribution in [1.29, 1.82) is 0 Å². The molecule has 0 aliphatic rings. The summed E-state index contributed by atoms with van der Waals surface area (Å²) in [5, 5.41) is 0. The van der Waals surface area contributed by atoms with Crippen LogP contribution in [0.3, 0.4) is 0 Å². The van der Waals surface area contributed by atoms with Crippen LogP contribution in [0.4, 0.5) is 11.4 Å². The van der Waals surface area contributed by atoms with Crippen molar-refractivity contribution >= 4 is 11.4 Å². The molecule has 1 heterocycles. The van der Waals surface area contributed by atoms with Crippen LogP contribution in [0.2, 0.25) is 0 Å². The molecular formula is C13H18N4O. The van der Waals surface area contributed by atoms with Gasteiger partial charge in [-0.05, 0) is 25.5 Å². The van der Waals surface area contributed by atoms with Crippen LogP contribution in [-0.2, 0) is 13.5 Å². The summed E-state index contributed by atoms with van der Waals surface area (Å²) in [5.74, 6) is 0. The van der Waals surface area contributed by atoms with E-state index in [2.05, 4.69) is 0 Å². The van der Waals surface area contributed by atoms with E-state index in [0.29, 0.717) is 5.69 Å². The molecule has 0 atom stereocenters. The fourth-order valence-electron chi connectivity index (χ4n) is 2.18. The lowest BCUT2D eigenvalue weighted by molar-refractivity contribution is 0.626. The number of nitrogens with zero attached hydrogens (tertiary/aromatic N) is 2. The molecule has 96 valence electrons. The largest absolute Gasteiger partial charge is 0.398 e. The molecule has 0 unspecified atom stereocenters. The maximum atomic E-state index is 12.2. The number of rotatable bonds is 2. The molecule has 18 heavy (non-hydrogen) atoms. The van der Waals surface area contributed by atoms with Gasteiger partial charge < -0.3 is 11.5 Å². The maximum absolute atomic E-state index is 12.2. The minimum absolute atomic E-state index is 0.199. The molecule has 0 radical (unpaired) electrons. The lowest BCUT2D eigenvalue weighted by Crippen LogP contribution is -2.22. The topological polar surface area (TPSA) is 79.0 Å². The summed E-state index contributed by atoms with van der Waals surface area (Å²) in [4.78, 5) is 12.2. The predicted octanol–water partition coefficient (Wildman–Crippen LogP) is 1.21. The molecular weight excluding hydrogens is 228 g/mol. The Morgan fingerprint density at radius 3 is 2.44 bits per heavy atom. The van der Waals surface area contributed by atoms with E-state index >= 15 is 0 Å². The molecule has 4 N–H and O–H groups in total. The normalized spacial score (nSPS) is 10.8. The molecule has 0 saturated carbocycles. The van der Waals surface area contributed by atoms with E-state index in [-0.39, 0.29) is 11.2 Å². The van der Waals surface area contributed by atoms with Gasteiger partial charge in [0.1, 0.15) is 5.69 Å². The Bertz CT molecular complexity index is 652. The second kappa shape index (κ2) is 4.25. The average molecular weight is 246 g/mol. The number of aromatic nitrogens is 2. The molecule has 1 aromatic carbocycles. The quantitative estimate of drug-likeness (QED) is 0.782. The molecule has 0 aliphatic carbocycles. The van der Waals surface area contributed by atoms with Gasteiger partial charge in [0.2, 0.25) is 0 Å². The van der Waals surface area contributed by atoms with Gasteiger partial charge in [0.15, 0.2) is 0 Å². The van der Waals surface area contributed by atoms with Crippen molar-refractivity contribution in [2.45, 2.75) is 20.3 Å². The SMILES string of the molecule is CCc1c(N)cccc1-n1c(=O)c(N)c(C)n1C. The van der Waals surface area contributed by atoms with Crippen LogP contribution in [0.1, 0.15) is 18.2 Å². The smallest absolute Gasteiger partial charge is 0.294 e. The van der Waals surface area contributed by atoms with Gasteiger partial charge in [0, 0.05) is 18.3 Å². The average Bonchev–Trinajstić information content (AvgIpc) is 2.54. The Labute approximate surface area is 106 Å². The van der Waals surface area contributed by atoms with Crippen LogP contribution in [-0.4, -0.2) is 9.36 Å². The third-order valence-corrected chi connectivity index (χ3v) is 3.37. The van der Waals surface area contributed by atoms with Crippen LogP contribution in [0.15, 0.2) is 23.0 Å². The number of benzene rings is 1. The van der Waals surface area contributed by atoms with Crippen molar-refractivity contribution in [1.82, 2.24) is 9.36 Å². The Morgan fingerprint density at radius 2 is 1.94 bits per heavy atom. The fraction of sp³-hybridized carbons (Fsp3) is 0.308. The van der Waals surface area contributed by atoms with Gasteiger partial charge in [0.25, 0.3) is 5.56 Å². The first-order valence-electron chi connectivity index (χ1n) is 5.90. The van der Waals surface area contributed by atoms with Crippen molar-refractivity contribution in [3.05, 3.63) is 39.8 Å². The minimum Gasteiger partial charge on any atom is -0.398 e. The van der Waals surface area contributed by atoms with E-state index in [1.54, 1.807) is 9.36 Å². The maximum Gasteiger partial charge on any atom is 0.294 e. The summed E-state index contributed by atoms with van der Waals surface area (Å²) in [6.07, 6.45) is 0.762. The van der Waals surface area contributed by atoms with E-state index in [1.165, 1.54) is 0 Å². The highest BCUT2D eigenvalue weighted by Gasteiger charge is 2.16. The highest BCUT2D eigenvalue weighted by atomic mass is 16.1. The Morgan fingerprint density at radius 1 is 1.28 bits per heavy atom.